The van der Waals surface area contributed by atoms with Gasteiger partial charge in [0.25, 0.3) is 0 Å². The predicted octanol–water partition coefficient (Wildman–Crippen LogP) is 2.10. The summed E-state index contributed by atoms with van der Waals surface area (Å²) in [7, 11) is 0. The number of hydrogen-bond acceptors (Lipinski definition) is 5. The summed E-state index contributed by atoms with van der Waals surface area (Å²) in [5.74, 6) is 1.73. The van der Waals surface area contributed by atoms with Crippen LogP contribution in [0.5, 0.6) is 0 Å². The maximum Gasteiger partial charge on any atom is 0.238 e. The second-order valence-electron chi connectivity index (χ2n) is 4.82. The smallest absolute Gasteiger partial charge is 0.238 e. The summed E-state index contributed by atoms with van der Waals surface area (Å²) in [6, 6.07) is 3.70. The van der Waals surface area contributed by atoms with Crippen molar-refractivity contribution in [3.05, 3.63) is 24.3 Å². The summed E-state index contributed by atoms with van der Waals surface area (Å²) in [6.45, 7) is 2.09. The first-order valence-corrected chi connectivity index (χ1v) is 5.84. The van der Waals surface area contributed by atoms with Gasteiger partial charge < -0.3 is 14.7 Å². The third-order valence-corrected chi connectivity index (χ3v) is 3.69. The van der Waals surface area contributed by atoms with E-state index in [1.807, 2.05) is 6.07 Å². The molecule has 2 aromatic heterocycles. The van der Waals surface area contributed by atoms with E-state index < -0.39 is 0 Å². The zero-order valence-electron chi connectivity index (χ0n) is 9.72. The van der Waals surface area contributed by atoms with Crippen LogP contribution in [0.25, 0.3) is 11.6 Å². The van der Waals surface area contributed by atoms with Crippen molar-refractivity contribution in [1.82, 2.24) is 10.1 Å². The Hall–Kier alpha value is -1.62. The van der Waals surface area contributed by atoms with E-state index in [1.54, 1.807) is 12.3 Å². The molecule has 0 bridgehead atoms. The van der Waals surface area contributed by atoms with Crippen molar-refractivity contribution in [3.8, 4) is 11.6 Å². The van der Waals surface area contributed by atoms with Crippen molar-refractivity contribution < 1.29 is 8.94 Å². The molecule has 2 atom stereocenters. The summed E-state index contributed by atoms with van der Waals surface area (Å²) in [4.78, 5) is 4.41. The Morgan fingerprint density at radius 3 is 3.06 bits per heavy atom. The van der Waals surface area contributed by atoms with E-state index in [2.05, 4.69) is 17.1 Å². The molecule has 90 valence electrons. The predicted molar refractivity (Wildman–Crippen MR) is 61.2 cm³/mol. The van der Waals surface area contributed by atoms with E-state index in [9.17, 15) is 0 Å². The second-order valence-corrected chi connectivity index (χ2v) is 4.82. The van der Waals surface area contributed by atoms with Crippen LogP contribution < -0.4 is 5.73 Å². The van der Waals surface area contributed by atoms with Crippen molar-refractivity contribution in [2.24, 2.45) is 5.73 Å². The monoisotopic (exact) mass is 233 g/mol. The molecule has 2 unspecified atom stereocenters. The topological polar surface area (TPSA) is 78.1 Å². The lowest BCUT2D eigenvalue weighted by Crippen LogP contribution is -2.38. The SMILES string of the molecule is CC1(c2nc(-c3ccco3)no2)CCCC1N. The maximum atomic E-state index is 6.12. The van der Waals surface area contributed by atoms with Gasteiger partial charge >= 0.3 is 0 Å². The first kappa shape index (κ1) is 10.5. The minimum absolute atomic E-state index is 0.0902. The van der Waals surface area contributed by atoms with Gasteiger partial charge in [-0.05, 0) is 31.9 Å². The molecular formula is C12H15N3O2. The largest absolute Gasteiger partial charge is 0.461 e. The number of furan rings is 1. The van der Waals surface area contributed by atoms with Crippen LogP contribution in [0, 0.1) is 0 Å². The Kier molecular flexibility index (Phi) is 2.29. The van der Waals surface area contributed by atoms with Crippen LogP contribution in [0.4, 0.5) is 0 Å². The van der Waals surface area contributed by atoms with E-state index in [1.165, 1.54) is 0 Å². The molecule has 0 aromatic carbocycles. The highest BCUT2D eigenvalue weighted by atomic mass is 16.5. The van der Waals surface area contributed by atoms with Crippen LogP contribution in [-0.2, 0) is 5.41 Å². The normalized spacial score (nSPS) is 28.7. The highest BCUT2D eigenvalue weighted by molar-refractivity contribution is 5.45. The molecule has 2 heterocycles. The van der Waals surface area contributed by atoms with Gasteiger partial charge in [-0.15, -0.1) is 0 Å². The number of aromatic nitrogens is 2. The Bertz CT molecular complexity index is 506. The number of nitrogens with two attached hydrogens (primary N) is 1. The highest BCUT2D eigenvalue weighted by Crippen LogP contribution is 2.39. The molecule has 0 spiro atoms. The molecule has 3 rings (SSSR count). The Labute approximate surface area is 99.0 Å². The van der Waals surface area contributed by atoms with Gasteiger partial charge in [0, 0.05) is 6.04 Å². The Morgan fingerprint density at radius 2 is 2.41 bits per heavy atom. The lowest BCUT2D eigenvalue weighted by molar-refractivity contribution is 0.277. The molecule has 5 heteroatoms. The van der Waals surface area contributed by atoms with Crippen LogP contribution >= 0.6 is 0 Å². The molecule has 17 heavy (non-hydrogen) atoms. The standard InChI is InChI=1S/C12H15N3O2/c1-12(6-2-5-9(12)13)11-14-10(15-17-11)8-4-3-7-16-8/h3-4,7,9H,2,5-6,13H2,1H3. The molecule has 1 aliphatic carbocycles. The van der Waals surface area contributed by atoms with E-state index >= 15 is 0 Å². The van der Waals surface area contributed by atoms with E-state index in [0.717, 1.165) is 19.3 Å². The number of hydrogen-bond donors (Lipinski definition) is 1. The van der Waals surface area contributed by atoms with Crippen molar-refractivity contribution in [2.75, 3.05) is 0 Å². The van der Waals surface area contributed by atoms with Crippen LogP contribution in [0.1, 0.15) is 32.1 Å². The van der Waals surface area contributed by atoms with Gasteiger partial charge in [0.15, 0.2) is 5.76 Å². The lowest BCUT2D eigenvalue weighted by Gasteiger charge is -2.23. The molecule has 0 amide bonds. The molecule has 0 saturated heterocycles. The number of nitrogens with zero attached hydrogens (tertiary/aromatic N) is 2. The fourth-order valence-electron chi connectivity index (χ4n) is 2.42. The van der Waals surface area contributed by atoms with Gasteiger partial charge in [-0.1, -0.05) is 11.6 Å². The van der Waals surface area contributed by atoms with Gasteiger partial charge in [0.2, 0.25) is 11.7 Å². The zero-order valence-corrected chi connectivity index (χ0v) is 9.72. The van der Waals surface area contributed by atoms with Crippen molar-refractivity contribution in [3.63, 3.8) is 0 Å². The third-order valence-electron chi connectivity index (χ3n) is 3.69. The van der Waals surface area contributed by atoms with Crippen molar-refractivity contribution in [1.29, 1.82) is 0 Å². The van der Waals surface area contributed by atoms with Gasteiger partial charge in [0.05, 0.1) is 11.7 Å². The van der Waals surface area contributed by atoms with E-state index in [0.29, 0.717) is 17.5 Å². The zero-order chi connectivity index (χ0) is 11.9. The van der Waals surface area contributed by atoms with Gasteiger partial charge in [-0.25, -0.2) is 0 Å². The summed E-state index contributed by atoms with van der Waals surface area (Å²) in [5, 5.41) is 3.95. The maximum absolute atomic E-state index is 6.12. The molecule has 1 fully saturated rings. The average molecular weight is 233 g/mol. The van der Waals surface area contributed by atoms with Crippen LogP contribution in [0.3, 0.4) is 0 Å². The quantitative estimate of drug-likeness (QED) is 0.859. The molecular weight excluding hydrogens is 218 g/mol. The second kappa shape index (κ2) is 3.70. The summed E-state index contributed by atoms with van der Waals surface area (Å²) in [5.41, 5.74) is 5.93. The fraction of sp³-hybridized carbons (Fsp3) is 0.500. The summed E-state index contributed by atoms with van der Waals surface area (Å²) >= 11 is 0. The first-order chi connectivity index (χ1) is 8.20. The molecule has 2 aromatic rings. The van der Waals surface area contributed by atoms with Gasteiger partial charge in [-0.3, -0.25) is 0 Å². The van der Waals surface area contributed by atoms with Crippen molar-refractivity contribution in [2.45, 2.75) is 37.6 Å². The number of rotatable bonds is 2. The lowest BCUT2D eigenvalue weighted by atomic mass is 9.85. The summed E-state index contributed by atoms with van der Waals surface area (Å²) in [6.07, 6.45) is 4.70. The molecule has 1 aliphatic rings. The van der Waals surface area contributed by atoms with Crippen LogP contribution in [-0.4, -0.2) is 16.2 Å². The Balaban J connectivity index is 1.95. The molecule has 2 N–H and O–H groups in total. The Morgan fingerprint density at radius 1 is 1.53 bits per heavy atom. The van der Waals surface area contributed by atoms with Crippen LogP contribution in [0.2, 0.25) is 0 Å². The van der Waals surface area contributed by atoms with Crippen LogP contribution in [0.15, 0.2) is 27.3 Å². The van der Waals surface area contributed by atoms with Gasteiger partial charge in [0.1, 0.15) is 0 Å². The minimum Gasteiger partial charge on any atom is -0.461 e. The highest BCUT2D eigenvalue weighted by Gasteiger charge is 2.42. The van der Waals surface area contributed by atoms with E-state index in [4.69, 9.17) is 14.7 Å². The molecule has 5 nitrogen and oxygen atoms in total. The third kappa shape index (κ3) is 1.58. The molecule has 0 radical (unpaired) electrons. The van der Waals surface area contributed by atoms with Gasteiger partial charge in [-0.2, -0.15) is 4.98 Å². The van der Waals surface area contributed by atoms with Crippen molar-refractivity contribution >= 4 is 0 Å². The fourth-order valence-corrected chi connectivity index (χ4v) is 2.42. The minimum atomic E-state index is -0.197. The average Bonchev–Trinajstić information content (AvgIpc) is 3.01. The molecule has 0 aliphatic heterocycles. The summed E-state index contributed by atoms with van der Waals surface area (Å²) < 4.78 is 10.6. The van der Waals surface area contributed by atoms with E-state index in [-0.39, 0.29) is 11.5 Å². The first-order valence-electron chi connectivity index (χ1n) is 5.84. The molecule has 1 saturated carbocycles.